The molecule has 0 aliphatic rings. The first-order chi connectivity index (χ1) is 8.42. The van der Waals surface area contributed by atoms with Gasteiger partial charge in [-0.15, -0.1) is 0 Å². The summed E-state index contributed by atoms with van der Waals surface area (Å²) in [6.45, 7) is 1.54. The molecule has 0 radical (unpaired) electrons. The fourth-order valence-corrected chi connectivity index (χ4v) is 1.91. The highest BCUT2D eigenvalue weighted by Gasteiger charge is 2.22. The third-order valence-electron chi connectivity index (χ3n) is 2.62. The topological polar surface area (TPSA) is 76.0 Å². The Bertz CT molecular complexity index is 458. The summed E-state index contributed by atoms with van der Waals surface area (Å²) in [5.41, 5.74) is 0.337. The van der Waals surface area contributed by atoms with Crippen molar-refractivity contribution in [3.63, 3.8) is 0 Å². The summed E-state index contributed by atoms with van der Waals surface area (Å²) < 4.78 is 10.1. The van der Waals surface area contributed by atoms with Crippen molar-refractivity contribution in [3.05, 3.63) is 16.7 Å². The highest BCUT2D eigenvalue weighted by Crippen LogP contribution is 2.43. The van der Waals surface area contributed by atoms with Crippen LogP contribution in [0.1, 0.15) is 12.5 Å². The van der Waals surface area contributed by atoms with Gasteiger partial charge >= 0.3 is 5.97 Å². The summed E-state index contributed by atoms with van der Waals surface area (Å²) in [7, 11) is 2.85. The quantitative estimate of drug-likeness (QED) is 0.862. The average molecular weight is 275 g/mol. The van der Waals surface area contributed by atoms with Gasteiger partial charge in [0.25, 0.3) is 0 Å². The Morgan fingerprint density at radius 2 is 2.06 bits per heavy atom. The van der Waals surface area contributed by atoms with Crippen LogP contribution in [0.3, 0.4) is 0 Å². The van der Waals surface area contributed by atoms with Crippen molar-refractivity contribution in [1.29, 1.82) is 0 Å². The Kier molecular flexibility index (Phi) is 4.67. The van der Waals surface area contributed by atoms with Crippen LogP contribution in [0.5, 0.6) is 17.2 Å². The molecule has 1 rings (SSSR count). The van der Waals surface area contributed by atoms with Crippen LogP contribution in [0.25, 0.3) is 0 Å². The van der Waals surface area contributed by atoms with Crippen molar-refractivity contribution >= 4 is 17.6 Å². The molecule has 1 aromatic rings. The van der Waals surface area contributed by atoms with Gasteiger partial charge in [0.05, 0.1) is 25.2 Å². The molecule has 0 heterocycles. The number of halogens is 1. The lowest BCUT2D eigenvalue weighted by atomic mass is 10.00. The normalized spacial score (nSPS) is 12.0. The van der Waals surface area contributed by atoms with E-state index in [1.54, 1.807) is 0 Å². The van der Waals surface area contributed by atoms with E-state index in [2.05, 4.69) is 0 Å². The molecule has 6 heteroatoms. The van der Waals surface area contributed by atoms with Crippen molar-refractivity contribution in [1.82, 2.24) is 0 Å². The largest absolute Gasteiger partial charge is 0.507 e. The molecule has 0 bridgehead atoms. The monoisotopic (exact) mass is 274 g/mol. The van der Waals surface area contributed by atoms with E-state index in [1.165, 1.54) is 27.2 Å². The predicted octanol–water partition coefficient (Wildman–Crippen LogP) is 2.33. The van der Waals surface area contributed by atoms with E-state index in [9.17, 15) is 9.90 Å². The molecule has 0 amide bonds. The SMILES string of the molecule is COc1cc(O)c(CC(C)C(=O)O)c(Cl)c1OC. The van der Waals surface area contributed by atoms with Gasteiger partial charge in [0.2, 0.25) is 0 Å². The van der Waals surface area contributed by atoms with Crippen LogP contribution in [0.4, 0.5) is 0 Å². The molecule has 0 aromatic heterocycles. The Balaban J connectivity index is 3.24. The lowest BCUT2D eigenvalue weighted by Crippen LogP contribution is -2.13. The molecular formula is C12H15ClO5. The Hall–Kier alpha value is -1.62. The van der Waals surface area contributed by atoms with Crippen molar-refractivity contribution in [2.45, 2.75) is 13.3 Å². The second kappa shape index (κ2) is 5.82. The molecule has 1 unspecified atom stereocenters. The van der Waals surface area contributed by atoms with Gasteiger partial charge in [0, 0.05) is 11.6 Å². The summed E-state index contributed by atoms with van der Waals surface area (Å²) in [5, 5.41) is 18.9. The molecule has 0 saturated carbocycles. The molecule has 100 valence electrons. The zero-order chi connectivity index (χ0) is 13.9. The van der Waals surface area contributed by atoms with E-state index in [0.29, 0.717) is 11.3 Å². The fourth-order valence-electron chi connectivity index (χ4n) is 1.56. The maximum absolute atomic E-state index is 10.8. The van der Waals surface area contributed by atoms with Crippen LogP contribution < -0.4 is 9.47 Å². The number of hydrogen-bond acceptors (Lipinski definition) is 4. The van der Waals surface area contributed by atoms with Crippen molar-refractivity contribution in [2.24, 2.45) is 5.92 Å². The average Bonchev–Trinajstić information content (AvgIpc) is 2.33. The number of hydrogen-bond donors (Lipinski definition) is 2. The van der Waals surface area contributed by atoms with Crippen molar-refractivity contribution in [3.8, 4) is 17.2 Å². The van der Waals surface area contributed by atoms with Gasteiger partial charge in [-0.1, -0.05) is 18.5 Å². The number of carboxylic acids is 1. The third-order valence-corrected chi connectivity index (χ3v) is 3.02. The van der Waals surface area contributed by atoms with Gasteiger partial charge < -0.3 is 19.7 Å². The van der Waals surface area contributed by atoms with Crippen molar-refractivity contribution in [2.75, 3.05) is 14.2 Å². The number of rotatable bonds is 5. The smallest absolute Gasteiger partial charge is 0.306 e. The molecule has 0 fully saturated rings. The van der Waals surface area contributed by atoms with Crippen LogP contribution >= 0.6 is 11.6 Å². The zero-order valence-corrected chi connectivity index (χ0v) is 11.1. The number of carboxylic acid groups (broad SMARTS) is 1. The lowest BCUT2D eigenvalue weighted by molar-refractivity contribution is -0.141. The number of phenolic OH excluding ortho intramolecular Hbond substituents is 1. The number of carbonyl (C=O) groups is 1. The first-order valence-corrected chi connectivity index (χ1v) is 5.65. The number of benzene rings is 1. The summed E-state index contributed by atoms with van der Waals surface area (Å²) in [6, 6.07) is 1.36. The van der Waals surface area contributed by atoms with Gasteiger partial charge in [-0.25, -0.2) is 0 Å². The molecule has 1 aromatic carbocycles. The Morgan fingerprint density at radius 3 is 2.50 bits per heavy atom. The molecule has 0 aliphatic heterocycles. The van der Waals surface area contributed by atoms with Gasteiger partial charge in [-0.05, 0) is 6.42 Å². The minimum atomic E-state index is -0.958. The molecule has 0 saturated heterocycles. The fraction of sp³-hybridized carbons (Fsp3) is 0.417. The summed E-state index contributed by atoms with van der Waals surface area (Å²) >= 11 is 6.09. The lowest BCUT2D eigenvalue weighted by Gasteiger charge is -2.15. The minimum Gasteiger partial charge on any atom is -0.507 e. The number of methoxy groups -OCH3 is 2. The zero-order valence-electron chi connectivity index (χ0n) is 10.4. The minimum absolute atomic E-state index is 0.106. The number of aromatic hydroxyl groups is 1. The Labute approximate surface area is 110 Å². The van der Waals surface area contributed by atoms with E-state index in [0.717, 1.165) is 0 Å². The standard InChI is InChI=1S/C12H15ClO5/c1-6(12(15)16)4-7-8(14)5-9(17-2)11(18-3)10(7)13/h5-6,14H,4H2,1-3H3,(H,15,16). The van der Waals surface area contributed by atoms with Crippen molar-refractivity contribution < 1.29 is 24.5 Å². The molecule has 0 aliphatic carbocycles. The third kappa shape index (κ3) is 2.79. The molecular weight excluding hydrogens is 260 g/mol. The number of phenols is 1. The second-order valence-electron chi connectivity index (χ2n) is 3.87. The molecule has 2 N–H and O–H groups in total. The van der Waals surface area contributed by atoms with Crippen LogP contribution in [0.15, 0.2) is 6.07 Å². The van der Waals surface area contributed by atoms with E-state index >= 15 is 0 Å². The van der Waals surface area contributed by atoms with Gasteiger partial charge in [0.1, 0.15) is 5.75 Å². The van der Waals surface area contributed by atoms with Gasteiger partial charge in [0.15, 0.2) is 11.5 Å². The number of aliphatic carboxylic acids is 1. The van der Waals surface area contributed by atoms with Gasteiger partial charge in [-0.3, -0.25) is 4.79 Å². The molecule has 0 spiro atoms. The Morgan fingerprint density at radius 1 is 1.44 bits per heavy atom. The summed E-state index contributed by atoms with van der Waals surface area (Å²) in [5.74, 6) is -1.14. The number of ether oxygens (including phenoxy) is 2. The van der Waals surface area contributed by atoms with E-state index < -0.39 is 11.9 Å². The van der Waals surface area contributed by atoms with E-state index in [4.69, 9.17) is 26.2 Å². The van der Waals surface area contributed by atoms with E-state index in [1.807, 2.05) is 0 Å². The van der Waals surface area contributed by atoms with Crippen LogP contribution in [-0.2, 0) is 11.2 Å². The van der Waals surface area contributed by atoms with Crippen LogP contribution in [0.2, 0.25) is 5.02 Å². The molecule has 1 atom stereocenters. The van der Waals surface area contributed by atoms with Crippen LogP contribution in [0, 0.1) is 5.92 Å². The van der Waals surface area contributed by atoms with Gasteiger partial charge in [-0.2, -0.15) is 0 Å². The predicted molar refractivity (Wildman–Crippen MR) is 66.7 cm³/mol. The maximum Gasteiger partial charge on any atom is 0.306 e. The van der Waals surface area contributed by atoms with E-state index in [-0.39, 0.29) is 22.9 Å². The summed E-state index contributed by atoms with van der Waals surface area (Å²) in [4.78, 5) is 10.8. The molecule has 18 heavy (non-hydrogen) atoms. The second-order valence-corrected chi connectivity index (χ2v) is 4.25. The summed E-state index contributed by atoms with van der Waals surface area (Å²) in [6.07, 6.45) is 0.111. The highest BCUT2D eigenvalue weighted by atomic mass is 35.5. The maximum atomic E-state index is 10.8. The van der Waals surface area contributed by atoms with Crippen LogP contribution in [-0.4, -0.2) is 30.4 Å². The first-order valence-electron chi connectivity index (χ1n) is 5.27. The molecule has 5 nitrogen and oxygen atoms in total. The first kappa shape index (κ1) is 14.4. The highest BCUT2D eigenvalue weighted by molar-refractivity contribution is 6.33.